The monoisotopic (exact) mass is 362 g/mol. The summed E-state index contributed by atoms with van der Waals surface area (Å²) in [4.78, 5) is 24.2. The normalized spacial score (nSPS) is 25.6. The highest BCUT2D eigenvalue weighted by atomic mass is 16.5. The van der Waals surface area contributed by atoms with Crippen LogP contribution in [0.15, 0.2) is 55.0 Å². The predicted molar refractivity (Wildman–Crippen MR) is 100 cm³/mol. The first-order valence-electron chi connectivity index (χ1n) is 9.49. The van der Waals surface area contributed by atoms with Crippen molar-refractivity contribution >= 4 is 11.6 Å². The number of rotatable bonds is 4. The summed E-state index contributed by atoms with van der Waals surface area (Å²) in [6, 6.07) is 12.9. The minimum absolute atomic E-state index is 0.0102. The number of imidazole rings is 1. The number of ketones is 1. The van der Waals surface area contributed by atoms with E-state index in [1.807, 2.05) is 18.3 Å². The van der Waals surface area contributed by atoms with Crippen molar-refractivity contribution in [2.24, 2.45) is 5.92 Å². The third kappa shape index (κ3) is 3.05. The zero-order valence-electron chi connectivity index (χ0n) is 15.1. The van der Waals surface area contributed by atoms with Crippen LogP contribution in [0.25, 0.3) is 5.78 Å². The molecule has 2 atom stereocenters. The Bertz CT molecular complexity index is 941. The van der Waals surface area contributed by atoms with Crippen molar-refractivity contribution in [3.8, 4) is 0 Å². The summed E-state index contributed by atoms with van der Waals surface area (Å²) in [5.41, 5.74) is 1.95. The largest absolute Gasteiger partial charge is 0.378 e. The van der Waals surface area contributed by atoms with Crippen molar-refractivity contribution in [3.63, 3.8) is 0 Å². The number of aromatic nitrogens is 3. The zero-order valence-corrected chi connectivity index (χ0v) is 15.1. The molecule has 2 saturated heterocycles. The Morgan fingerprint density at radius 1 is 1.07 bits per heavy atom. The van der Waals surface area contributed by atoms with Crippen LogP contribution >= 0.6 is 0 Å². The molecule has 27 heavy (non-hydrogen) atoms. The van der Waals surface area contributed by atoms with Gasteiger partial charge in [-0.2, -0.15) is 0 Å². The Morgan fingerprint density at radius 3 is 2.63 bits per heavy atom. The van der Waals surface area contributed by atoms with Crippen LogP contribution in [0.4, 0.5) is 0 Å². The fourth-order valence-corrected chi connectivity index (χ4v) is 4.48. The van der Waals surface area contributed by atoms with Gasteiger partial charge < -0.3 is 4.74 Å². The van der Waals surface area contributed by atoms with Gasteiger partial charge in [-0.05, 0) is 24.5 Å². The molecule has 138 valence electrons. The van der Waals surface area contributed by atoms with E-state index in [2.05, 4.69) is 39.1 Å². The Hall–Kier alpha value is -2.57. The number of morpholine rings is 1. The highest BCUT2D eigenvalue weighted by Crippen LogP contribution is 2.34. The van der Waals surface area contributed by atoms with Crippen LogP contribution in [-0.4, -0.2) is 50.3 Å². The molecule has 2 unspecified atom stereocenters. The fraction of sp³-hybridized carbons (Fsp3) is 0.381. The molecule has 0 saturated carbocycles. The molecule has 2 aliphatic rings. The van der Waals surface area contributed by atoms with E-state index in [1.165, 1.54) is 5.56 Å². The van der Waals surface area contributed by atoms with E-state index in [1.54, 1.807) is 16.8 Å². The maximum atomic E-state index is 13.2. The predicted octanol–water partition coefficient (Wildman–Crippen LogP) is 2.59. The SMILES string of the molecule is O=C(c1cnc2ncccn12)C1CC2COCC(C1)N2Cc1ccccc1. The van der Waals surface area contributed by atoms with Gasteiger partial charge in [-0.3, -0.25) is 14.1 Å². The molecular formula is C21H22N4O2. The number of fused-ring (bicyclic) bond motifs is 3. The third-order valence-electron chi connectivity index (χ3n) is 5.79. The molecule has 3 aromatic rings. The first-order valence-corrected chi connectivity index (χ1v) is 9.49. The van der Waals surface area contributed by atoms with Gasteiger partial charge in [0.1, 0.15) is 5.69 Å². The summed E-state index contributed by atoms with van der Waals surface area (Å²) < 4.78 is 7.61. The molecule has 0 N–H and O–H groups in total. The van der Waals surface area contributed by atoms with E-state index >= 15 is 0 Å². The Kier molecular flexibility index (Phi) is 4.22. The average molecular weight is 362 g/mol. The smallest absolute Gasteiger partial charge is 0.234 e. The topological polar surface area (TPSA) is 59.7 Å². The van der Waals surface area contributed by atoms with Crippen LogP contribution < -0.4 is 0 Å². The van der Waals surface area contributed by atoms with Crippen LogP contribution in [0.2, 0.25) is 0 Å². The summed E-state index contributed by atoms with van der Waals surface area (Å²) in [7, 11) is 0. The Morgan fingerprint density at radius 2 is 1.85 bits per heavy atom. The zero-order chi connectivity index (χ0) is 18.2. The second-order valence-corrected chi connectivity index (χ2v) is 7.47. The van der Waals surface area contributed by atoms with Gasteiger partial charge in [-0.1, -0.05) is 30.3 Å². The number of hydrogen-bond acceptors (Lipinski definition) is 5. The number of piperidine rings is 1. The van der Waals surface area contributed by atoms with Gasteiger partial charge in [-0.15, -0.1) is 0 Å². The lowest BCUT2D eigenvalue weighted by Crippen LogP contribution is -2.57. The van der Waals surface area contributed by atoms with Crippen molar-refractivity contribution in [1.82, 2.24) is 19.3 Å². The minimum atomic E-state index is 0.0102. The number of nitrogens with zero attached hydrogens (tertiary/aromatic N) is 4. The number of Topliss-reactive ketones (excluding diaryl/α,β-unsaturated/α-hetero) is 1. The van der Waals surface area contributed by atoms with E-state index in [4.69, 9.17) is 4.74 Å². The average Bonchev–Trinajstić information content (AvgIpc) is 3.12. The molecule has 0 radical (unpaired) electrons. The molecule has 2 bridgehead atoms. The standard InChI is InChI=1S/C21H22N4O2/c26-20(19-11-23-21-22-7-4-8-24(19)21)16-9-17-13-27-14-18(10-16)25(17)12-15-5-2-1-3-6-15/h1-8,11,16-18H,9-10,12-14H2. The molecule has 5 rings (SSSR count). The molecule has 0 amide bonds. The van der Waals surface area contributed by atoms with E-state index in [0.29, 0.717) is 24.7 Å². The van der Waals surface area contributed by atoms with Crippen molar-refractivity contribution < 1.29 is 9.53 Å². The van der Waals surface area contributed by atoms with Crippen LogP contribution in [0, 0.1) is 5.92 Å². The van der Waals surface area contributed by atoms with Gasteiger partial charge in [0.05, 0.1) is 19.4 Å². The van der Waals surface area contributed by atoms with Gasteiger partial charge in [0.25, 0.3) is 0 Å². The van der Waals surface area contributed by atoms with Gasteiger partial charge in [0.2, 0.25) is 5.78 Å². The molecule has 0 aliphatic carbocycles. The van der Waals surface area contributed by atoms with Crippen molar-refractivity contribution in [1.29, 1.82) is 0 Å². The van der Waals surface area contributed by atoms with Crippen molar-refractivity contribution in [2.75, 3.05) is 13.2 Å². The minimum Gasteiger partial charge on any atom is -0.378 e. The number of carbonyl (C=O) groups is 1. The second-order valence-electron chi connectivity index (χ2n) is 7.47. The number of ether oxygens (including phenoxy) is 1. The number of hydrogen-bond donors (Lipinski definition) is 0. The molecule has 2 aliphatic heterocycles. The van der Waals surface area contributed by atoms with Crippen LogP contribution in [0.5, 0.6) is 0 Å². The molecular weight excluding hydrogens is 340 g/mol. The van der Waals surface area contributed by atoms with Gasteiger partial charge >= 0.3 is 0 Å². The van der Waals surface area contributed by atoms with E-state index in [0.717, 1.165) is 19.4 Å². The quantitative estimate of drug-likeness (QED) is 0.668. The lowest BCUT2D eigenvalue weighted by atomic mass is 9.81. The Balaban J connectivity index is 1.37. The lowest BCUT2D eigenvalue weighted by molar-refractivity contribution is -0.0873. The van der Waals surface area contributed by atoms with Crippen LogP contribution in [0.3, 0.4) is 0 Å². The molecule has 6 nitrogen and oxygen atoms in total. The van der Waals surface area contributed by atoms with Crippen molar-refractivity contribution in [2.45, 2.75) is 31.5 Å². The molecule has 4 heterocycles. The van der Waals surface area contributed by atoms with E-state index < -0.39 is 0 Å². The van der Waals surface area contributed by atoms with E-state index in [9.17, 15) is 4.79 Å². The molecule has 2 aromatic heterocycles. The summed E-state index contributed by atoms with van der Waals surface area (Å²) in [6.45, 7) is 2.31. The van der Waals surface area contributed by atoms with Gasteiger partial charge in [-0.25, -0.2) is 9.97 Å². The van der Waals surface area contributed by atoms with Crippen LogP contribution in [0.1, 0.15) is 28.9 Å². The highest BCUT2D eigenvalue weighted by Gasteiger charge is 2.41. The maximum absolute atomic E-state index is 13.2. The molecule has 1 aromatic carbocycles. The van der Waals surface area contributed by atoms with Gasteiger partial charge in [0.15, 0.2) is 5.78 Å². The molecule has 0 spiro atoms. The highest BCUT2D eigenvalue weighted by molar-refractivity contribution is 5.97. The van der Waals surface area contributed by atoms with Crippen LogP contribution in [-0.2, 0) is 11.3 Å². The summed E-state index contributed by atoms with van der Waals surface area (Å²) in [6.07, 6.45) is 6.87. The third-order valence-corrected chi connectivity index (χ3v) is 5.79. The summed E-state index contributed by atoms with van der Waals surface area (Å²) >= 11 is 0. The lowest BCUT2D eigenvalue weighted by Gasteiger charge is -2.48. The number of benzene rings is 1. The molecule has 2 fully saturated rings. The first kappa shape index (κ1) is 16.6. The molecule has 6 heteroatoms. The fourth-order valence-electron chi connectivity index (χ4n) is 4.48. The van der Waals surface area contributed by atoms with Gasteiger partial charge in [0, 0.05) is 36.9 Å². The summed E-state index contributed by atoms with van der Waals surface area (Å²) in [5, 5.41) is 0. The van der Waals surface area contributed by atoms with Crippen molar-refractivity contribution in [3.05, 3.63) is 66.2 Å². The second kappa shape index (κ2) is 6.87. The summed E-state index contributed by atoms with van der Waals surface area (Å²) in [5.74, 6) is 0.758. The Labute approximate surface area is 157 Å². The maximum Gasteiger partial charge on any atom is 0.234 e. The van der Waals surface area contributed by atoms with E-state index in [-0.39, 0.29) is 23.8 Å². The first-order chi connectivity index (χ1) is 13.3. The number of carbonyl (C=O) groups excluding carboxylic acids is 1.